The molecule has 11 heteroatoms. The van der Waals surface area contributed by atoms with E-state index in [0.717, 1.165) is 24.3 Å². The van der Waals surface area contributed by atoms with E-state index in [0.29, 0.717) is 24.8 Å². The van der Waals surface area contributed by atoms with E-state index in [4.69, 9.17) is 9.47 Å². The van der Waals surface area contributed by atoms with E-state index in [1.165, 1.54) is 9.13 Å². The Bertz CT molecular complexity index is 1490. The molecule has 0 amide bonds. The van der Waals surface area contributed by atoms with E-state index in [1.54, 1.807) is 25.4 Å². The van der Waals surface area contributed by atoms with Crippen molar-refractivity contribution >= 4 is 28.6 Å². The molecule has 0 unspecified atom stereocenters. The van der Waals surface area contributed by atoms with Gasteiger partial charge in [-0.15, -0.1) is 0 Å². The highest BCUT2D eigenvalue weighted by Gasteiger charge is 2.19. The molecule has 4 rings (SSSR count). The average Bonchev–Trinajstić information content (AvgIpc) is 3.20. The summed E-state index contributed by atoms with van der Waals surface area (Å²) in [7, 11) is 1.64. The minimum absolute atomic E-state index is 0.192. The van der Waals surface area contributed by atoms with Gasteiger partial charge in [0.1, 0.15) is 29.6 Å². The van der Waals surface area contributed by atoms with Crippen LogP contribution in [0.1, 0.15) is 42.9 Å². The van der Waals surface area contributed by atoms with Crippen molar-refractivity contribution in [1.82, 2.24) is 24.1 Å². The number of ether oxygens (including phenoxy) is 2. The molecule has 3 aromatic heterocycles. The van der Waals surface area contributed by atoms with Crippen LogP contribution in [0.2, 0.25) is 0 Å². The number of imidazole rings is 1. The molecule has 3 heterocycles. The number of rotatable bonds is 10. The highest BCUT2D eigenvalue weighted by molar-refractivity contribution is 5.95. The van der Waals surface area contributed by atoms with Crippen molar-refractivity contribution in [2.24, 2.45) is 7.05 Å². The Morgan fingerprint density at radius 1 is 1.14 bits per heavy atom. The van der Waals surface area contributed by atoms with Crippen molar-refractivity contribution < 1.29 is 14.3 Å². The first-order chi connectivity index (χ1) is 17.4. The highest BCUT2D eigenvalue weighted by Crippen LogP contribution is 2.22. The molecule has 0 saturated heterocycles. The molecule has 1 aromatic carbocycles. The second-order valence-electron chi connectivity index (χ2n) is 8.08. The third-order valence-electron chi connectivity index (χ3n) is 5.63. The summed E-state index contributed by atoms with van der Waals surface area (Å²) >= 11 is 0. The van der Waals surface area contributed by atoms with Gasteiger partial charge in [-0.2, -0.15) is 0 Å². The van der Waals surface area contributed by atoms with Gasteiger partial charge in [0.2, 0.25) is 0 Å². The minimum Gasteiger partial charge on any atom is -0.494 e. The first-order valence-corrected chi connectivity index (χ1v) is 11.7. The zero-order chi connectivity index (χ0) is 25.7. The van der Waals surface area contributed by atoms with Crippen LogP contribution in [-0.2, 0) is 24.9 Å². The third kappa shape index (κ3) is 5.14. The summed E-state index contributed by atoms with van der Waals surface area (Å²) < 4.78 is 13.9. The Kier molecular flexibility index (Phi) is 7.47. The number of esters is 1. The van der Waals surface area contributed by atoms with Crippen LogP contribution in [0.15, 0.2) is 52.2 Å². The Labute approximate surface area is 206 Å². The first-order valence-electron chi connectivity index (χ1n) is 11.7. The number of aromatic nitrogens is 5. The molecule has 0 spiro atoms. The van der Waals surface area contributed by atoms with Gasteiger partial charge in [-0.3, -0.25) is 14.3 Å². The number of H-pyrrole nitrogens is 1. The summed E-state index contributed by atoms with van der Waals surface area (Å²) in [6, 6.07) is 10.5. The van der Waals surface area contributed by atoms with Gasteiger partial charge in [0.25, 0.3) is 5.56 Å². The lowest BCUT2D eigenvalue weighted by Crippen LogP contribution is -2.31. The number of aromatic amines is 1. The van der Waals surface area contributed by atoms with E-state index in [2.05, 4.69) is 20.3 Å². The maximum absolute atomic E-state index is 12.9. The SMILES string of the molecule is CCCCn1c(=O)[nH]c(=O)c2c1nc(COC(=O)c1cccnc1Nc1ccc(OCC)cc1)n2C. The fourth-order valence-electron chi connectivity index (χ4n) is 3.76. The van der Waals surface area contributed by atoms with Gasteiger partial charge in [0, 0.05) is 25.5 Å². The highest BCUT2D eigenvalue weighted by atomic mass is 16.5. The molecule has 0 radical (unpaired) electrons. The summed E-state index contributed by atoms with van der Waals surface area (Å²) in [5.41, 5.74) is 0.432. The molecule has 11 nitrogen and oxygen atoms in total. The molecule has 0 aliphatic heterocycles. The van der Waals surface area contributed by atoms with Crippen LogP contribution in [-0.4, -0.2) is 36.7 Å². The number of nitrogens with zero attached hydrogens (tertiary/aromatic N) is 4. The summed E-state index contributed by atoms with van der Waals surface area (Å²) in [5.74, 6) is 0.803. The summed E-state index contributed by atoms with van der Waals surface area (Å²) in [6.07, 6.45) is 3.20. The lowest BCUT2D eigenvalue weighted by atomic mass is 10.2. The standard InChI is InChI=1S/C25H28N6O5/c1-4-6-14-31-22-20(23(32)29-25(31)34)30(3)19(28-22)15-36-24(33)18-8-7-13-26-21(18)27-16-9-11-17(12-10-16)35-5-2/h7-13H,4-6,14-15H2,1-3H3,(H,26,27)(H,29,32,34). The average molecular weight is 493 g/mol. The number of aryl methyl sites for hydroxylation is 2. The number of benzene rings is 1. The summed E-state index contributed by atoms with van der Waals surface area (Å²) in [4.78, 5) is 48.8. The number of hydrogen-bond donors (Lipinski definition) is 2. The van der Waals surface area contributed by atoms with Gasteiger partial charge in [-0.05, 0) is 49.7 Å². The van der Waals surface area contributed by atoms with Crippen LogP contribution >= 0.6 is 0 Å². The molecular weight excluding hydrogens is 464 g/mol. The van der Waals surface area contributed by atoms with Crippen LogP contribution in [0.25, 0.3) is 11.2 Å². The topological polar surface area (TPSA) is 133 Å². The quantitative estimate of drug-likeness (QED) is 0.323. The molecule has 4 aromatic rings. The van der Waals surface area contributed by atoms with E-state index in [1.807, 2.05) is 38.1 Å². The second-order valence-corrected chi connectivity index (χ2v) is 8.08. The fourth-order valence-corrected chi connectivity index (χ4v) is 3.76. The number of fused-ring (bicyclic) bond motifs is 1. The molecule has 0 saturated carbocycles. The second kappa shape index (κ2) is 10.9. The van der Waals surface area contributed by atoms with Crippen LogP contribution in [0.3, 0.4) is 0 Å². The number of nitrogens with one attached hydrogen (secondary N) is 2. The van der Waals surface area contributed by atoms with Gasteiger partial charge in [-0.1, -0.05) is 13.3 Å². The molecule has 0 bridgehead atoms. The molecule has 188 valence electrons. The van der Waals surface area contributed by atoms with E-state index in [-0.39, 0.29) is 23.3 Å². The smallest absolute Gasteiger partial charge is 0.342 e. The van der Waals surface area contributed by atoms with Gasteiger partial charge in [0.15, 0.2) is 11.2 Å². The van der Waals surface area contributed by atoms with E-state index in [9.17, 15) is 14.4 Å². The molecule has 36 heavy (non-hydrogen) atoms. The predicted molar refractivity (Wildman–Crippen MR) is 135 cm³/mol. The predicted octanol–water partition coefficient (Wildman–Crippen LogP) is 3.12. The Morgan fingerprint density at radius 3 is 2.64 bits per heavy atom. The third-order valence-corrected chi connectivity index (χ3v) is 5.63. The Balaban J connectivity index is 1.54. The number of anilines is 2. The number of pyridine rings is 1. The normalized spacial score (nSPS) is 11.0. The zero-order valence-corrected chi connectivity index (χ0v) is 20.4. The molecule has 0 fully saturated rings. The van der Waals surface area contributed by atoms with E-state index < -0.39 is 17.2 Å². The Hall–Kier alpha value is -4.41. The summed E-state index contributed by atoms with van der Waals surface area (Å²) in [5, 5.41) is 3.12. The minimum atomic E-state index is -0.610. The number of unbranched alkanes of at least 4 members (excludes halogenated alkanes) is 1. The fraction of sp³-hybridized carbons (Fsp3) is 0.320. The van der Waals surface area contributed by atoms with Crippen molar-refractivity contribution in [3.63, 3.8) is 0 Å². The van der Waals surface area contributed by atoms with Crippen molar-refractivity contribution in [2.45, 2.75) is 39.8 Å². The van der Waals surface area contributed by atoms with Crippen LogP contribution in [0.4, 0.5) is 11.5 Å². The number of carbonyl (C=O) groups is 1. The molecule has 0 atom stereocenters. The lowest BCUT2D eigenvalue weighted by molar-refractivity contribution is 0.0460. The maximum atomic E-state index is 12.9. The lowest BCUT2D eigenvalue weighted by Gasteiger charge is -2.11. The molecular formula is C25H28N6O5. The molecule has 0 aliphatic rings. The van der Waals surface area contributed by atoms with Crippen LogP contribution in [0.5, 0.6) is 5.75 Å². The monoisotopic (exact) mass is 492 g/mol. The molecule has 0 aliphatic carbocycles. The van der Waals surface area contributed by atoms with Crippen molar-refractivity contribution in [2.75, 3.05) is 11.9 Å². The molecule has 2 N–H and O–H groups in total. The first kappa shape index (κ1) is 24.7. The van der Waals surface area contributed by atoms with Crippen molar-refractivity contribution in [3.05, 3.63) is 74.8 Å². The number of carbonyl (C=O) groups excluding carboxylic acids is 1. The van der Waals surface area contributed by atoms with Gasteiger partial charge in [-0.25, -0.2) is 19.6 Å². The maximum Gasteiger partial charge on any atom is 0.342 e. The summed E-state index contributed by atoms with van der Waals surface area (Å²) in [6.45, 7) is 4.72. The van der Waals surface area contributed by atoms with Crippen molar-refractivity contribution in [3.8, 4) is 5.75 Å². The van der Waals surface area contributed by atoms with Gasteiger partial charge in [0.05, 0.1) is 6.61 Å². The van der Waals surface area contributed by atoms with Crippen LogP contribution in [0, 0.1) is 0 Å². The van der Waals surface area contributed by atoms with Gasteiger partial charge >= 0.3 is 11.7 Å². The number of hydrogen-bond acceptors (Lipinski definition) is 8. The van der Waals surface area contributed by atoms with E-state index >= 15 is 0 Å². The Morgan fingerprint density at radius 2 is 1.92 bits per heavy atom. The van der Waals surface area contributed by atoms with Crippen molar-refractivity contribution in [1.29, 1.82) is 0 Å². The van der Waals surface area contributed by atoms with Crippen LogP contribution < -0.4 is 21.3 Å². The zero-order valence-electron chi connectivity index (χ0n) is 20.4. The van der Waals surface area contributed by atoms with Gasteiger partial charge < -0.3 is 19.4 Å². The largest absolute Gasteiger partial charge is 0.494 e.